The van der Waals surface area contributed by atoms with Gasteiger partial charge in [-0.3, -0.25) is 0 Å². The standard InChI is InChI=1S/C11H12BrN3/c12-10-6-14-15-7-9(5-13-11(10)15)8-3-1-2-4-8/h5-8H,1-4H2. The average molecular weight is 266 g/mol. The minimum atomic E-state index is 0.699. The maximum absolute atomic E-state index is 4.44. The lowest BCUT2D eigenvalue weighted by molar-refractivity contribution is 0.707. The fourth-order valence-corrected chi connectivity index (χ4v) is 2.71. The summed E-state index contributed by atoms with van der Waals surface area (Å²) in [5, 5.41) is 4.26. The predicted molar refractivity (Wildman–Crippen MR) is 61.9 cm³/mol. The molecule has 78 valence electrons. The first kappa shape index (κ1) is 9.33. The average Bonchev–Trinajstić information content (AvgIpc) is 2.88. The van der Waals surface area contributed by atoms with Crippen LogP contribution in [0.3, 0.4) is 0 Å². The van der Waals surface area contributed by atoms with Crippen molar-refractivity contribution in [3.05, 3.63) is 28.6 Å². The highest BCUT2D eigenvalue weighted by Crippen LogP contribution is 2.33. The Balaban J connectivity index is 2.05. The van der Waals surface area contributed by atoms with Crippen molar-refractivity contribution in [3.8, 4) is 0 Å². The van der Waals surface area contributed by atoms with Crippen LogP contribution in [0.4, 0.5) is 0 Å². The number of aromatic nitrogens is 3. The van der Waals surface area contributed by atoms with Gasteiger partial charge < -0.3 is 0 Å². The first-order valence-corrected chi connectivity index (χ1v) is 6.12. The Morgan fingerprint density at radius 2 is 2.07 bits per heavy atom. The molecule has 0 unspecified atom stereocenters. The molecule has 2 heterocycles. The van der Waals surface area contributed by atoms with Crippen LogP contribution < -0.4 is 0 Å². The van der Waals surface area contributed by atoms with Crippen LogP contribution in [0.15, 0.2) is 23.1 Å². The molecule has 1 aliphatic rings. The van der Waals surface area contributed by atoms with Crippen molar-refractivity contribution in [1.82, 2.24) is 14.6 Å². The third kappa shape index (κ3) is 1.57. The molecule has 0 atom stereocenters. The molecule has 3 nitrogen and oxygen atoms in total. The third-order valence-corrected chi connectivity index (χ3v) is 3.72. The van der Waals surface area contributed by atoms with Crippen LogP contribution in [0.25, 0.3) is 5.65 Å². The van der Waals surface area contributed by atoms with E-state index in [9.17, 15) is 0 Å². The summed E-state index contributed by atoms with van der Waals surface area (Å²) in [4.78, 5) is 4.44. The molecule has 1 aliphatic carbocycles. The molecule has 4 heteroatoms. The molecule has 15 heavy (non-hydrogen) atoms. The van der Waals surface area contributed by atoms with Crippen molar-refractivity contribution >= 4 is 21.6 Å². The first-order valence-electron chi connectivity index (χ1n) is 5.33. The van der Waals surface area contributed by atoms with Gasteiger partial charge in [-0.15, -0.1) is 0 Å². The minimum Gasteiger partial charge on any atom is -0.236 e. The summed E-state index contributed by atoms with van der Waals surface area (Å²) in [5.74, 6) is 0.699. The molecule has 1 saturated carbocycles. The summed E-state index contributed by atoms with van der Waals surface area (Å²) < 4.78 is 2.82. The minimum absolute atomic E-state index is 0.699. The summed E-state index contributed by atoms with van der Waals surface area (Å²) in [6.07, 6.45) is 11.2. The van der Waals surface area contributed by atoms with Crippen molar-refractivity contribution in [2.45, 2.75) is 31.6 Å². The number of nitrogens with zero attached hydrogens (tertiary/aromatic N) is 3. The Hall–Kier alpha value is -0.900. The highest BCUT2D eigenvalue weighted by atomic mass is 79.9. The summed E-state index contributed by atoms with van der Waals surface area (Å²) in [7, 11) is 0. The van der Waals surface area contributed by atoms with Gasteiger partial charge in [-0.1, -0.05) is 12.8 Å². The zero-order chi connectivity index (χ0) is 10.3. The van der Waals surface area contributed by atoms with Crippen LogP contribution in [-0.4, -0.2) is 14.6 Å². The van der Waals surface area contributed by atoms with Crippen molar-refractivity contribution in [3.63, 3.8) is 0 Å². The zero-order valence-corrected chi connectivity index (χ0v) is 9.94. The lowest BCUT2D eigenvalue weighted by Crippen LogP contribution is -1.98. The van der Waals surface area contributed by atoms with E-state index in [0.29, 0.717) is 5.92 Å². The molecule has 0 radical (unpaired) electrons. The van der Waals surface area contributed by atoms with Crippen LogP contribution >= 0.6 is 15.9 Å². The van der Waals surface area contributed by atoms with Gasteiger partial charge in [0.05, 0.1) is 10.7 Å². The summed E-state index contributed by atoms with van der Waals surface area (Å²) in [6, 6.07) is 0. The quantitative estimate of drug-likeness (QED) is 0.793. The van der Waals surface area contributed by atoms with Crippen molar-refractivity contribution < 1.29 is 0 Å². The lowest BCUT2D eigenvalue weighted by Gasteiger charge is -2.08. The molecule has 0 amide bonds. The Labute approximate surface area is 96.6 Å². The van der Waals surface area contributed by atoms with Gasteiger partial charge in [0.25, 0.3) is 0 Å². The largest absolute Gasteiger partial charge is 0.236 e. The van der Waals surface area contributed by atoms with Gasteiger partial charge in [0.2, 0.25) is 0 Å². The van der Waals surface area contributed by atoms with Crippen LogP contribution in [0.1, 0.15) is 37.2 Å². The molecule has 2 aromatic rings. The second kappa shape index (κ2) is 3.59. The van der Waals surface area contributed by atoms with E-state index < -0.39 is 0 Å². The van der Waals surface area contributed by atoms with Crippen molar-refractivity contribution in [1.29, 1.82) is 0 Å². The lowest BCUT2D eigenvalue weighted by atomic mass is 10.0. The summed E-state index contributed by atoms with van der Waals surface area (Å²) >= 11 is 3.43. The highest BCUT2D eigenvalue weighted by molar-refractivity contribution is 9.10. The summed E-state index contributed by atoms with van der Waals surface area (Å²) in [5.41, 5.74) is 2.23. The molecule has 0 aromatic carbocycles. The van der Waals surface area contributed by atoms with Gasteiger partial charge in [-0.2, -0.15) is 5.10 Å². The van der Waals surface area contributed by atoms with Crippen LogP contribution in [0.5, 0.6) is 0 Å². The fourth-order valence-electron chi connectivity index (χ4n) is 2.33. The van der Waals surface area contributed by atoms with Crippen LogP contribution in [-0.2, 0) is 0 Å². The monoisotopic (exact) mass is 265 g/mol. The van der Waals surface area contributed by atoms with E-state index in [1.165, 1.54) is 31.2 Å². The van der Waals surface area contributed by atoms with E-state index >= 15 is 0 Å². The Kier molecular flexibility index (Phi) is 2.24. The number of hydrogen-bond donors (Lipinski definition) is 0. The zero-order valence-electron chi connectivity index (χ0n) is 8.36. The smallest absolute Gasteiger partial charge is 0.169 e. The van der Waals surface area contributed by atoms with Gasteiger partial charge in [0.15, 0.2) is 5.65 Å². The topological polar surface area (TPSA) is 30.2 Å². The van der Waals surface area contributed by atoms with E-state index in [1.54, 1.807) is 6.20 Å². The van der Waals surface area contributed by atoms with Crippen molar-refractivity contribution in [2.75, 3.05) is 0 Å². The molecule has 0 aliphatic heterocycles. The highest BCUT2D eigenvalue weighted by Gasteiger charge is 2.18. The second-order valence-corrected chi connectivity index (χ2v) is 4.98. The number of halogens is 1. The van der Waals surface area contributed by atoms with Gasteiger partial charge >= 0.3 is 0 Å². The molecule has 0 saturated heterocycles. The SMILES string of the molecule is Brc1cnn2cc(C3CCCC3)cnc12. The van der Waals surface area contributed by atoms with E-state index in [4.69, 9.17) is 0 Å². The molecular weight excluding hydrogens is 254 g/mol. The van der Waals surface area contributed by atoms with Gasteiger partial charge in [0.1, 0.15) is 0 Å². The molecule has 1 fully saturated rings. The number of fused-ring (bicyclic) bond motifs is 1. The fraction of sp³-hybridized carbons (Fsp3) is 0.455. The third-order valence-electron chi connectivity index (χ3n) is 3.16. The summed E-state index contributed by atoms with van der Waals surface area (Å²) in [6.45, 7) is 0. The Morgan fingerprint density at radius 3 is 2.87 bits per heavy atom. The molecule has 0 N–H and O–H groups in total. The van der Waals surface area contributed by atoms with E-state index in [2.05, 4.69) is 32.2 Å². The molecule has 2 aromatic heterocycles. The molecule has 0 bridgehead atoms. The Bertz CT molecular complexity index is 486. The molecule has 3 rings (SSSR count). The van der Waals surface area contributed by atoms with Crippen LogP contribution in [0.2, 0.25) is 0 Å². The molecule has 0 spiro atoms. The maximum Gasteiger partial charge on any atom is 0.169 e. The maximum atomic E-state index is 4.44. The van der Waals surface area contributed by atoms with Gasteiger partial charge in [-0.25, -0.2) is 9.50 Å². The second-order valence-electron chi connectivity index (χ2n) is 4.13. The first-order chi connectivity index (χ1) is 7.34. The van der Waals surface area contributed by atoms with E-state index in [-0.39, 0.29) is 0 Å². The predicted octanol–water partition coefficient (Wildman–Crippen LogP) is 3.15. The Morgan fingerprint density at radius 1 is 1.27 bits per heavy atom. The van der Waals surface area contributed by atoms with Crippen LogP contribution in [0, 0.1) is 0 Å². The van der Waals surface area contributed by atoms with E-state index in [0.717, 1.165) is 10.1 Å². The number of hydrogen-bond acceptors (Lipinski definition) is 2. The van der Waals surface area contributed by atoms with Gasteiger partial charge in [0, 0.05) is 12.4 Å². The number of rotatable bonds is 1. The van der Waals surface area contributed by atoms with Crippen molar-refractivity contribution in [2.24, 2.45) is 0 Å². The molecular formula is C11H12BrN3. The van der Waals surface area contributed by atoms with E-state index in [1.807, 2.05) is 10.7 Å². The van der Waals surface area contributed by atoms with Gasteiger partial charge in [-0.05, 0) is 40.3 Å². The normalized spacial score (nSPS) is 17.7.